The monoisotopic (exact) mass is 465 g/mol. The summed E-state index contributed by atoms with van der Waals surface area (Å²) in [5, 5.41) is 0. The van der Waals surface area contributed by atoms with Crippen molar-refractivity contribution in [2.24, 2.45) is 0 Å². The van der Waals surface area contributed by atoms with Crippen LogP contribution in [0.15, 0.2) is 47.4 Å². The van der Waals surface area contributed by atoms with Crippen LogP contribution >= 0.6 is 0 Å². The van der Waals surface area contributed by atoms with Crippen LogP contribution in [0.2, 0.25) is 0 Å². The lowest BCUT2D eigenvalue weighted by Gasteiger charge is -2.34. The van der Waals surface area contributed by atoms with Crippen molar-refractivity contribution in [2.75, 3.05) is 47.0 Å². The Morgan fingerprint density at radius 2 is 1.71 bits per heavy atom. The van der Waals surface area contributed by atoms with Crippen molar-refractivity contribution in [1.82, 2.24) is 24.3 Å². The van der Waals surface area contributed by atoms with Gasteiger partial charge in [-0.15, -0.1) is 0 Å². The van der Waals surface area contributed by atoms with Gasteiger partial charge in [0.25, 0.3) is 11.5 Å². The third-order valence-electron chi connectivity index (χ3n) is 5.86. The minimum atomic E-state index is -0.494. The van der Waals surface area contributed by atoms with E-state index in [2.05, 4.69) is 9.97 Å². The molecular weight excluding hydrogens is 438 g/mol. The number of ether oxygens (including phenoxy) is 2. The third-order valence-corrected chi connectivity index (χ3v) is 5.86. The summed E-state index contributed by atoms with van der Waals surface area (Å²) >= 11 is 0. The van der Waals surface area contributed by atoms with Crippen LogP contribution in [0.4, 0.5) is 0 Å². The second-order valence-corrected chi connectivity index (χ2v) is 7.95. The lowest BCUT2D eigenvalue weighted by atomic mass is 10.1. The fourth-order valence-corrected chi connectivity index (χ4v) is 3.94. The maximum absolute atomic E-state index is 13.2. The molecular formula is C24H27N5O5. The van der Waals surface area contributed by atoms with Crippen LogP contribution in [0.5, 0.6) is 5.75 Å². The second-order valence-electron chi connectivity index (χ2n) is 7.95. The molecule has 2 amide bonds. The molecule has 1 aliphatic rings. The zero-order valence-corrected chi connectivity index (χ0v) is 19.3. The molecule has 0 unspecified atom stereocenters. The van der Waals surface area contributed by atoms with Gasteiger partial charge in [0.2, 0.25) is 5.91 Å². The van der Waals surface area contributed by atoms with Crippen molar-refractivity contribution in [3.8, 4) is 5.75 Å². The number of methoxy groups -OCH3 is 2. The molecule has 3 aromatic rings. The summed E-state index contributed by atoms with van der Waals surface area (Å²) in [6, 6.07) is 10.8. The zero-order valence-electron chi connectivity index (χ0n) is 19.3. The van der Waals surface area contributed by atoms with E-state index in [9.17, 15) is 14.4 Å². The van der Waals surface area contributed by atoms with E-state index in [0.29, 0.717) is 43.9 Å². The average molecular weight is 466 g/mol. The number of carbonyl (C=O) groups excluding carboxylic acids is 2. The number of pyridine rings is 1. The predicted octanol–water partition coefficient (Wildman–Crippen LogP) is 0.974. The van der Waals surface area contributed by atoms with Crippen LogP contribution in [0.25, 0.3) is 11.2 Å². The first kappa shape index (κ1) is 23.4. The topological polar surface area (TPSA) is 107 Å². The normalized spacial score (nSPS) is 13.8. The maximum atomic E-state index is 13.2. The molecule has 1 aromatic carbocycles. The molecule has 1 saturated heterocycles. The van der Waals surface area contributed by atoms with Gasteiger partial charge in [0.1, 0.15) is 11.3 Å². The highest BCUT2D eigenvalue weighted by molar-refractivity contribution is 5.93. The SMILES string of the molecule is COCCn1c(=O)c(C(=O)N2CCN(C(=O)Cc3ccc(OC)cc3)CC2)nc2cccnc21. The number of hydrogen-bond acceptors (Lipinski definition) is 7. The highest BCUT2D eigenvalue weighted by Gasteiger charge is 2.28. The number of amides is 2. The van der Waals surface area contributed by atoms with E-state index in [1.807, 2.05) is 24.3 Å². The molecule has 178 valence electrons. The number of benzene rings is 1. The minimum Gasteiger partial charge on any atom is -0.497 e. The average Bonchev–Trinajstić information content (AvgIpc) is 2.88. The molecule has 2 aromatic heterocycles. The Labute approximate surface area is 196 Å². The Morgan fingerprint density at radius 1 is 1.00 bits per heavy atom. The van der Waals surface area contributed by atoms with Crippen LogP contribution < -0.4 is 10.3 Å². The number of piperazine rings is 1. The Balaban J connectivity index is 1.45. The van der Waals surface area contributed by atoms with Crippen LogP contribution in [0, 0.1) is 0 Å². The first-order chi connectivity index (χ1) is 16.5. The van der Waals surface area contributed by atoms with Gasteiger partial charge in [-0.25, -0.2) is 9.97 Å². The minimum absolute atomic E-state index is 0.00547. The standard InChI is InChI=1S/C24H27N5O5/c1-33-15-14-29-22-19(4-3-9-25-22)26-21(24(29)32)23(31)28-12-10-27(11-13-28)20(30)16-17-5-7-18(34-2)8-6-17/h3-9H,10-16H2,1-2H3. The fraction of sp³-hybridized carbons (Fsp3) is 0.375. The summed E-state index contributed by atoms with van der Waals surface area (Å²) in [5.41, 5.74) is 1.14. The van der Waals surface area contributed by atoms with Gasteiger partial charge in [-0.05, 0) is 29.8 Å². The highest BCUT2D eigenvalue weighted by atomic mass is 16.5. The van der Waals surface area contributed by atoms with Crippen molar-refractivity contribution in [3.05, 3.63) is 64.2 Å². The smallest absolute Gasteiger partial charge is 0.283 e. The Kier molecular flexibility index (Phi) is 7.17. The largest absolute Gasteiger partial charge is 0.497 e. The molecule has 0 bridgehead atoms. The molecule has 4 rings (SSSR count). The maximum Gasteiger partial charge on any atom is 0.283 e. The Hall–Kier alpha value is -3.79. The van der Waals surface area contributed by atoms with E-state index in [0.717, 1.165) is 11.3 Å². The molecule has 34 heavy (non-hydrogen) atoms. The van der Waals surface area contributed by atoms with Crippen LogP contribution in [0.3, 0.4) is 0 Å². The number of carbonyl (C=O) groups is 2. The molecule has 3 heterocycles. The first-order valence-corrected chi connectivity index (χ1v) is 11.1. The molecule has 1 aliphatic heterocycles. The number of aromatic nitrogens is 3. The van der Waals surface area contributed by atoms with Gasteiger partial charge in [0.15, 0.2) is 11.3 Å². The Morgan fingerprint density at radius 3 is 2.38 bits per heavy atom. The molecule has 0 atom stereocenters. The summed E-state index contributed by atoms with van der Waals surface area (Å²) in [4.78, 5) is 50.9. The molecule has 0 N–H and O–H groups in total. The van der Waals surface area contributed by atoms with Crippen LogP contribution in [-0.2, 0) is 22.5 Å². The van der Waals surface area contributed by atoms with Gasteiger partial charge < -0.3 is 19.3 Å². The van der Waals surface area contributed by atoms with Crippen molar-refractivity contribution < 1.29 is 19.1 Å². The van der Waals surface area contributed by atoms with Crippen molar-refractivity contribution in [2.45, 2.75) is 13.0 Å². The number of fused-ring (bicyclic) bond motifs is 1. The van der Waals surface area contributed by atoms with Gasteiger partial charge in [0, 0.05) is 39.5 Å². The van der Waals surface area contributed by atoms with Crippen LogP contribution in [0.1, 0.15) is 16.1 Å². The molecule has 10 heteroatoms. The van der Waals surface area contributed by atoms with Gasteiger partial charge in [-0.3, -0.25) is 19.0 Å². The van der Waals surface area contributed by atoms with Crippen LogP contribution in [-0.4, -0.2) is 83.2 Å². The molecule has 0 spiro atoms. The molecule has 1 fully saturated rings. The van der Waals surface area contributed by atoms with E-state index in [1.54, 1.807) is 42.3 Å². The molecule has 0 saturated carbocycles. The summed E-state index contributed by atoms with van der Waals surface area (Å²) in [7, 11) is 3.14. The highest BCUT2D eigenvalue weighted by Crippen LogP contribution is 2.14. The molecule has 0 aliphatic carbocycles. The molecule has 10 nitrogen and oxygen atoms in total. The van der Waals surface area contributed by atoms with E-state index >= 15 is 0 Å². The lowest BCUT2D eigenvalue weighted by Crippen LogP contribution is -2.52. The summed E-state index contributed by atoms with van der Waals surface area (Å²) in [5.74, 6) is 0.293. The van der Waals surface area contributed by atoms with Gasteiger partial charge in [-0.1, -0.05) is 12.1 Å². The van der Waals surface area contributed by atoms with E-state index in [4.69, 9.17) is 9.47 Å². The zero-order chi connectivity index (χ0) is 24.1. The third kappa shape index (κ3) is 4.91. The lowest BCUT2D eigenvalue weighted by molar-refractivity contribution is -0.131. The van der Waals surface area contributed by atoms with E-state index < -0.39 is 11.5 Å². The first-order valence-electron chi connectivity index (χ1n) is 11.1. The van der Waals surface area contributed by atoms with Gasteiger partial charge in [-0.2, -0.15) is 0 Å². The Bertz CT molecular complexity index is 1230. The number of hydrogen-bond donors (Lipinski definition) is 0. The quantitative estimate of drug-likeness (QED) is 0.512. The van der Waals surface area contributed by atoms with Crippen molar-refractivity contribution in [1.29, 1.82) is 0 Å². The summed E-state index contributed by atoms with van der Waals surface area (Å²) in [6.07, 6.45) is 1.86. The fourth-order valence-electron chi connectivity index (χ4n) is 3.94. The van der Waals surface area contributed by atoms with Gasteiger partial charge >= 0.3 is 0 Å². The van der Waals surface area contributed by atoms with E-state index in [-0.39, 0.29) is 24.6 Å². The summed E-state index contributed by atoms with van der Waals surface area (Å²) in [6.45, 7) is 2.02. The predicted molar refractivity (Wildman–Crippen MR) is 125 cm³/mol. The second kappa shape index (κ2) is 10.4. The van der Waals surface area contributed by atoms with Crippen molar-refractivity contribution in [3.63, 3.8) is 0 Å². The van der Waals surface area contributed by atoms with E-state index in [1.165, 1.54) is 4.57 Å². The number of rotatable bonds is 7. The number of nitrogens with zero attached hydrogens (tertiary/aromatic N) is 5. The van der Waals surface area contributed by atoms with Gasteiger partial charge in [0.05, 0.1) is 26.7 Å². The van der Waals surface area contributed by atoms with Crippen molar-refractivity contribution >= 4 is 23.0 Å². The molecule has 0 radical (unpaired) electrons. The summed E-state index contributed by atoms with van der Waals surface area (Å²) < 4.78 is 11.7.